The first kappa shape index (κ1) is 20.3. The first-order chi connectivity index (χ1) is 10.2. The summed E-state index contributed by atoms with van der Waals surface area (Å²) >= 11 is 1.60. The zero-order valence-electron chi connectivity index (χ0n) is 13.3. The van der Waals surface area contributed by atoms with E-state index in [9.17, 15) is 9.59 Å². The van der Waals surface area contributed by atoms with Crippen LogP contribution in [0.5, 0.6) is 0 Å². The molecule has 0 aromatic rings. The summed E-state index contributed by atoms with van der Waals surface area (Å²) in [5.41, 5.74) is 0. The molecular weight excluding hydrogens is 286 g/mol. The Morgan fingerprint density at radius 2 is 1.57 bits per heavy atom. The molecule has 0 saturated carbocycles. The molecule has 1 unspecified atom stereocenters. The van der Waals surface area contributed by atoms with E-state index in [1.54, 1.807) is 11.8 Å². The Kier molecular flexibility index (Phi) is 15.1. The summed E-state index contributed by atoms with van der Waals surface area (Å²) < 4.78 is 0. The van der Waals surface area contributed by atoms with Gasteiger partial charge in [0.1, 0.15) is 6.04 Å². The normalized spacial score (nSPS) is 12.0. The molecule has 4 nitrogen and oxygen atoms in total. The molecule has 0 radical (unpaired) electrons. The second kappa shape index (κ2) is 15.7. The predicted octanol–water partition coefficient (Wildman–Crippen LogP) is 3.84. The Morgan fingerprint density at radius 3 is 2.05 bits per heavy atom. The highest BCUT2D eigenvalue weighted by Gasteiger charge is 2.15. The molecule has 0 spiro atoms. The van der Waals surface area contributed by atoms with Gasteiger partial charge >= 0.3 is 5.97 Å². The number of carbonyl (C=O) groups excluding carboxylic acids is 1. The van der Waals surface area contributed by atoms with Crippen molar-refractivity contribution in [3.63, 3.8) is 0 Å². The van der Waals surface area contributed by atoms with Crippen molar-refractivity contribution in [3.8, 4) is 0 Å². The summed E-state index contributed by atoms with van der Waals surface area (Å²) in [6, 6.07) is -0.754. The smallest absolute Gasteiger partial charge is 0.327 e. The van der Waals surface area contributed by atoms with E-state index < -0.39 is 12.0 Å². The van der Waals surface area contributed by atoms with Gasteiger partial charge in [-0.3, -0.25) is 4.79 Å². The highest BCUT2D eigenvalue weighted by atomic mass is 32.2. The summed E-state index contributed by atoms with van der Waals surface area (Å²) in [7, 11) is 0. The summed E-state index contributed by atoms with van der Waals surface area (Å²) in [5.74, 6) is 0.462. The van der Waals surface area contributed by atoms with Gasteiger partial charge in [0.2, 0.25) is 6.41 Å². The van der Waals surface area contributed by atoms with Crippen LogP contribution in [0.2, 0.25) is 0 Å². The summed E-state index contributed by atoms with van der Waals surface area (Å²) in [5, 5.41) is 11.2. The van der Waals surface area contributed by atoms with E-state index in [0.29, 0.717) is 12.2 Å². The van der Waals surface area contributed by atoms with E-state index in [2.05, 4.69) is 12.2 Å². The molecule has 21 heavy (non-hydrogen) atoms. The predicted molar refractivity (Wildman–Crippen MR) is 89.8 cm³/mol. The standard InChI is InChI=1S/C16H31NO3S/c1-2-3-4-5-6-7-8-9-10-11-12-21-13-15(16(19)20)17-14-18/h14-15H,2-13H2,1H3,(H,17,18)(H,19,20). The fourth-order valence-corrected chi connectivity index (χ4v) is 3.21. The number of hydrogen-bond acceptors (Lipinski definition) is 3. The summed E-state index contributed by atoms with van der Waals surface area (Å²) in [6.07, 6.45) is 13.6. The van der Waals surface area contributed by atoms with Crippen molar-refractivity contribution >= 4 is 24.1 Å². The van der Waals surface area contributed by atoms with Crippen molar-refractivity contribution in [2.45, 2.75) is 77.2 Å². The van der Waals surface area contributed by atoms with Crippen LogP contribution >= 0.6 is 11.8 Å². The van der Waals surface area contributed by atoms with Crippen LogP contribution in [0.15, 0.2) is 0 Å². The van der Waals surface area contributed by atoms with Gasteiger partial charge in [0.25, 0.3) is 0 Å². The molecule has 5 heteroatoms. The van der Waals surface area contributed by atoms with Gasteiger partial charge in [0.15, 0.2) is 0 Å². The molecule has 0 aromatic carbocycles. The maximum atomic E-state index is 10.8. The maximum Gasteiger partial charge on any atom is 0.327 e. The number of carboxylic acids is 1. The minimum Gasteiger partial charge on any atom is -0.480 e. The molecule has 0 fully saturated rings. The third-order valence-electron chi connectivity index (χ3n) is 3.49. The van der Waals surface area contributed by atoms with E-state index in [1.165, 1.54) is 57.8 Å². The lowest BCUT2D eigenvalue weighted by Crippen LogP contribution is -2.37. The number of hydrogen-bond donors (Lipinski definition) is 2. The molecule has 0 aliphatic rings. The van der Waals surface area contributed by atoms with Crippen LogP contribution in [0.25, 0.3) is 0 Å². The van der Waals surface area contributed by atoms with Crippen molar-refractivity contribution < 1.29 is 14.7 Å². The molecule has 0 bridgehead atoms. The fourth-order valence-electron chi connectivity index (χ4n) is 2.17. The second-order valence-electron chi connectivity index (χ2n) is 5.43. The molecule has 0 heterocycles. The second-order valence-corrected chi connectivity index (χ2v) is 6.58. The van der Waals surface area contributed by atoms with Crippen LogP contribution in [-0.2, 0) is 9.59 Å². The van der Waals surface area contributed by atoms with Crippen LogP contribution in [-0.4, -0.2) is 35.0 Å². The number of unbranched alkanes of at least 4 members (excludes halogenated alkanes) is 9. The third-order valence-corrected chi connectivity index (χ3v) is 4.64. The van der Waals surface area contributed by atoms with Crippen LogP contribution in [0.4, 0.5) is 0 Å². The lowest BCUT2D eigenvalue weighted by atomic mass is 10.1. The Bertz CT molecular complexity index is 262. The molecule has 124 valence electrons. The molecule has 1 amide bonds. The lowest BCUT2D eigenvalue weighted by molar-refractivity contribution is -0.139. The van der Waals surface area contributed by atoms with Gasteiger partial charge in [-0.05, 0) is 12.2 Å². The highest BCUT2D eigenvalue weighted by Crippen LogP contribution is 2.12. The van der Waals surface area contributed by atoms with Gasteiger partial charge in [0.05, 0.1) is 0 Å². The Balaban J connectivity index is 3.24. The average molecular weight is 317 g/mol. The van der Waals surface area contributed by atoms with Crippen molar-refractivity contribution in [2.24, 2.45) is 0 Å². The van der Waals surface area contributed by atoms with E-state index in [0.717, 1.165) is 12.2 Å². The molecule has 0 aliphatic heterocycles. The fraction of sp³-hybridized carbons (Fsp3) is 0.875. The molecule has 0 rings (SSSR count). The molecule has 0 aliphatic carbocycles. The van der Waals surface area contributed by atoms with Crippen LogP contribution in [0, 0.1) is 0 Å². The minimum absolute atomic E-state index is 0.450. The number of carboxylic acid groups (broad SMARTS) is 1. The number of amides is 1. The lowest BCUT2D eigenvalue weighted by Gasteiger charge is -2.10. The Labute approximate surface area is 133 Å². The summed E-state index contributed by atoms with van der Waals surface area (Å²) in [4.78, 5) is 21.0. The minimum atomic E-state index is -0.960. The SMILES string of the molecule is CCCCCCCCCCCCSCC(NC=O)C(=O)O. The Hall–Kier alpha value is -0.710. The average Bonchev–Trinajstić information content (AvgIpc) is 2.47. The van der Waals surface area contributed by atoms with Gasteiger partial charge in [-0.15, -0.1) is 0 Å². The first-order valence-electron chi connectivity index (χ1n) is 8.22. The van der Waals surface area contributed by atoms with Crippen molar-refractivity contribution in [1.29, 1.82) is 0 Å². The number of nitrogens with one attached hydrogen (secondary N) is 1. The third kappa shape index (κ3) is 14.0. The topological polar surface area (TPSA) is 66.4 Å². The van der Waals surface area contributed by atoms with E-state index in [4.69, 9.17) is 5.11 Å². The highest BCUT2D eigenvalue weighted by molar-refractivity contribution is 7.99. The quantitative estimate of drug-likeness (QED) is 0.335. The van der Waals surface area contributed by atoms with E-state index >= 15 is 0 Å². The zero-order valence-corrected chi connectivity index (χ0v) is 14.1. The van der Waals surface area contributed by atoms with Gasteiger partial charge in [0, 0.05) is 5.75 Å². The Morgan fingerprint density at radius 1 is 1.05 bits per heavy atom. The van der Waals surface area contributed by atoms with E-state index in [1.807, 2.05) is 0 Å². The van der Waals surface area contributed by atoms with Crippen molar-refractivity contribution in [2.75, 3.05) is 11.5 Å². The number of carbonyl (C=O) groups is 2. The molecule has 2 N–H and O–H groups in total. The van der Waals surface area contributed by atoms with Crippen molar-refractivity contribution in [3.05, 3.63) is 0 Å². The molecule has 1 atom stereocenters. The van der Waals surface area contributed by atoms with Crippen LogP contribution in [0.1, 0.15) is 71.1 Å². The monoisotopic (exact) mass is 317 g/mol. The molecular formula is C16H31NO3S. The van der Waals surface area contributed by atoms with Crippen molar-refractivity contribution in [1.82, 2.24) is 5.32 Å². The largest absolute Gasteiger partial charge is 0.480 e. The van der Waals surface area contributed by atoms with Crippen LogP contribution in [0.3, 0.4) is 0 Å². The number of rotatable bonds is 16. The summed E-state index contributed by atoms with van der Waals surface area (Å²) in [6.45, 7) is 2.24. The number of aliphatic carboxylic acids is 1. The van der Waals surface area contributed by atoms with Gasteiger partial charge in [-0.25, -0.2) is 4.79 Å². The molecule has 0 saturated heterocycles. The zero-order chi connectivity index (χ0) is 15.8. The maximum absolute atomic E-state index is 10.8. The van der Waals surface area contributed by atoms with E-state index in [-0.39, 0.29) is 0 Å². The van der Waals surface area contributed by atoms with Gasteiger partial charge < -0.3 is 10.4 Å². The molecule has 0 aromatic heterocycles. The first-order valence-corrected chi connectivity index (χ1v) is 9.38. The van der Waals surface area contributed by atoms with Crippen LogP contribution < -0.4 is 5.32 Å². The van der Waals surface area contributed by atoms with Gasteiger partial charge in [-0.1, -0.05) is 64.7 Å². The number of thioether (sulfide) groups is 1. The van der Waals surface area contributed by atoms with Gasteiger partial charge in [-0.2, -0.15) is 11.8 Å².